The first-order chi connectivity index (χ1) is 7.19. The Morgan fingerprint density at radius 1 is 1.73 bits per heavy atom. The van der Waals surface area contributed by atoms with Crippen LogP contribution in [0.1, 0.15) is 6.42 Å². The van der Waals surface area contributed by atoms with Crippen LogP contribution in [0.3, 0.4) is 0 Å². The lowest BCUT2D eigenvalue weighted by atomic mass is 10.2. The Bertz CT molecular complexity index is 348. The zero-order valence-corrected chi connectivity index (χ0v) is 8.73. The van der Waals surface area contributed by atoms with Crippen LogP contribution < -0.4 is 10.6 Å². The van der Waals surface area contributed by atoms with Crippen molar-refractivity contribution in [3.8, 4) is 0 Å². The number of carbonyl (C=O) groups excluding carboxylic acids is 2. The van der Waals surface area contributed by atoms with Crippen LogP contribution in [0.25, 0.3) is 0 Å². The molecule has 1 rings (SSSR count). The summed E-state index contributed by atoms with van der Waals surface area (Å²) in [7, 11) is 3.41. The minimum absolute atomic E-state index is 0.146. The molecule has 1 aromatic heterocycles. The molecule has 0 saturated heterocycles. The van der Waals surface area contributed by atoms with Gasteiger partial charge in [-0.3, -0.25) is 10.1 Å². The Labute approximate surface area is 87.7 Å². The SMILES string of the molecule is CNC(CC=O)C(=O)Nc1nccn1C. The number of aromatic nitrogens is 2. The van der Waals surface area contributed by atoms with Gasteiger partial charge in [0.25, 0.3) is 0 Å². The number of imidazole rings is 1. The van der Waals surface area contributed by atoms with E-state index in [1.54, 1.807) is 31.1 Å². The van der Waals surface area contributed by atoms with Gasteiger partial charge in [-0.05, 0) is 7.05 Å². The highest BCUT2D eigenvalue weighted by Crippen LogP contribution is 2.02. The van der Waals surface area contributed by atoms with Crippen LogP contribution in [0.4, 0.5) is 5.95 Å². The molecule has 0 bridgehead atoms. The summed E-state index contributed by atoms with van der Waals surface area (Å²) in [5.41, 5.74) is 0. The first-order valence-electron chi connectivity index (χ1n) is 4.58. The lowest BCUT2D eigenvalue weighted by molar-refractivity contribution is -0.120. The highest BCUT2D eigenvalue weighted by molar-refractivity contribution is 5.94. The number of hydrogen-bond acceptors (Lipinski definition) is 4. The zero-order chi connectivity index (χ0) is 11.3. The van der Waals surface area contributed by atoms with E-state index in [4.69, 9.17) is 0 Å². The monoisotopic (exact) mass is 210 g/mol. The molecule has 82 valence electrons. The van der Waals surface area contributed by atoms with Crippen molar-refractivity contribution in [1.29, 1.82) is 0 Å². The van der Waals surface area contributed by atoms with E-state index in [9.17, 15) is 9.59 Å². The van der Waals surface area contributed by atoms with Crippen LogP contribution in [0.15, 0.2) is 12.4 Å². The standard InChI is InChI=1S/C9H14N4O2/c1-10-7(3-6-14)8(15)12-9-11-4-5-13(9)2/h4-7,10H,3H2,1-2H3,(H,11,12,15). The van der Waals surface area contributed by atoms with Crippen molar-refractivity contribution in [2.24, 2.45) is 7.05 Å². The predicted octanol–water partition coefficient (Wildman–Crippen LogP) is -0.464. The van der Waals surface area contributed by atoms with Gasteiger partial charge in [-0.1, -0.05) is 0 Å². The first kappa shape index (κ1) is 11.4. The second-order valence-electron chi connectivity index (χ2n) is 3.09. The van der Waals surface area contributed by atoms with Gasteiger partial charge in [-0.2, -0.15) is 0 Å². The smallest absolute Gasteiger partial charge is 0.244 e. The fourth-order valence-corrected chi connectivity index (χ4v) is 1.14. The van der Waals surface area contributed by atoms with Crippen LogP contribution in [0.2, 0.25) is 0 Å². The predicted molar refractivity (Wildman–Crippen MR) is 55.4 cm³/mol. The molecule has 0 radical (unpaired) electrons. The van der Waals surface area contributed by atoms with E-state index < -0.39 is 6.04 Å². The molecule has 0 saturated carbocycles. The topological polar surface area (TPSA) is 76.0 Å². The Morgan fingerprint density at radius 3 is 2.93 bits per heavy atom. The Morgan fingerprint density at radius 2 is 2.47 bits per heavy atom. The van der Waals surface area contributed by atoms with Gasteiger partial charge in [-0.15, -0.1) is 0 Å². The summed E-state index contributed by atoms with van der Waals surface area (Å²) in [6.45, 7) is 0. The van der Waals surface area contributed by atoms with Crippen molar-refractivity contribution >= 4 is 18.1 Å². The first-order valence-corrected chi connectivity index (χ1v) is 4.58. The highest BCUT2D eigenvalue weighted by atomic mass is 16.2. The van der Waals surface area contributed by atoms with E-state index in [-0.39, 0.29) is 12.3 Å². The fourth-order valence-electron chi connectivity index (χ4n) is 1.14. The molecule has 1 unspecified atom stereocenters. The molecule has 0 spiro atoms. The van der Waals surface area contributed by atoms with Crippen LogP contribution >= 0.6 is 0 Å². The van der Waals surface area contributed by atoms with Crippen molar-refractivity contribution in [3.63, 3.8) is 0 Å². The largest absolute Gasteiger partial charge is 0.320 e. The molecular formula is C9H14N4O2. The molecule has 0 fully saturated rings. The van der Waals surface area contributed by atoms with Gasteiger partial charge in [0, 0.05) is 25.9 Å². The summed E-state index contributed by atoms with van der Waals surface area (Å²) < 4.78 is 1.69. The van der Waals surface area contributed by atoms with Gasteiger partial charge < -0.3 is 14.7 Å². The number of rotatable bonds is 5. The number of carbonyl (C=O) groups is 2. The number of aryl methyl sites for hydroxylation is 1. The zero-order valence-electron chi connectivity index (χ0n) is 8.73. The maximum atomic E-state index is 11.6. The molecule has 1 heterocycles. The molecule has 15 heavy (non-hydrogen) atoms. The fraction of sp³-hybridized carbons (Fsp3) is 0.444. The van der Waals surface area contributed by atoms with E-state index in [2.05, 4.69) is 15.6 Å². The number of nitrogens with one attached hydrogen (secondary N) is 2. The lowest BCUT2D eigenvalue weighted by Crippen LogP contribution is -2.39. The molecule has 1 aromatic rings. The summed E-state index contributed by atoms with van der Waals surface area (Å²) in [6, 6.07) is -0.515. The normalized spacial score (nSPS) is 12.1. The third kappa shape index (κ3) is 2.88. The number of hydrogen-bond donors (Lipinski definition) is 2. The van der Waals surface area contributed by atoms with Gasteiger partial charge in [-0.25, -0.2) is 4.98 Å². The number of nitrogens with zero attached hydrogens (tertiary/aromatic N) is 2. The molecule has 1 atom stereocenters. The van der Waals surface area contributed by atoms with Gasteiger partial charge in [0.1, 0.15) is 6.29 Å². The van der Waals surface area contributed by atoms with Crippen LogP contribution in [0, 0.1) is 0 Å². The maximum Gasteiger partial charge on any atom is 0.244 e. The number of anilines is 1. The summed E-state index contributed by atoms with van der Waals surface area (Å²) >= 11 is 0. The quantitative estimate of drug-likeness (QED) is 0.644. The van der Waals surface area contributed by atoms with Crippen LogP contribution in [0.5, 0.6) is 0 Å². The second-order valence-corrected chi connectivity index (χ2v) is 3.09. The molecule has 6 heteroatoms. The highest BCUT2D eigenvalue weighted by Gasteiger charge is 2.16. The van der Waals surface area contributed by atoms with Crippen molar-refractivity contribution in [2.45, 2.75) is 12.5 Å². The summed E-state index contributed by atoms with van der Waals surface area (Å²) in [5, 5.41) is 5.37. The number of likely N-dealkylation sites (N-methyl/N-ethyl adjacent to an activating group) is 1. The molecule has 6 nitrogen and oxygen atoms in total. The summed E-state index contributed by atoms with van der Waals surface area (Å²) in [6.07, 6.45) is 4.17. The number of amides is 1. The number of aldehydes is 1. The Hall–Kier alpha value is -1.69. The van der Waals surface area contributed by atoms with Crippen LogP contribution in [-0.4, -0.2) is 34.8 Å². The Balaban J connectivity index is 2.61. The van der Waals surface area contributed by atoms with Crippen LogP contribution in [-0.2, 0) is 16.6 Å². The second kappa shape index (κ2) is 5.26. The summed E-state index contributed by atoms with van der Waals surface area (Å²) in [5.74, 6) is 0.199. The van der Waals surface area contributed by atoms with E-state index in [1.165, 1.54) is 0 Å². The van der Waals surface area contributed by atoms with E-state index in [0.29, 0.717) is 12.2 Å². The third-order valence-corrected chi connectivity index (χ3v) is 2.05. The Kier molecular flexibility index (Phi) is 3.99. The van der Waals surface area contributed by atoms with Crippen molar-refractivity contribution in [2.75, 3.05) is 12.4 Å². The average Bonchev–Trinajstić information content (AvgIpc) is 2.60. The van der Waals surface area contributed by atoms with E-state index >= 15 is 0 Å². The van der Waals surface area contributed by atoms with E-state index in [1.807, 2.05) is 0 Å². The molecule has 0 aliphatic rings. The molecule has 0 aliphatic carbocycles. The average molecular weight is 210 g/mol. The van der Waals surface area contributed by atoms with E-state index in [0.717, 1.165) is 0 Å². The maximum absolute atomic E-state index is 11.6. The molecule has 0 aromatic carbocycles. The van der Waals surface area contributed by atoms with Gasteiger partial charge in [0.15, 0.2) is 0 Å². The third-order valence-electron chi connectivity index (χ3n) is 2.05. The molecule has 1 amide bonds. The summed E-state index contributed by atoms with van der Waals surface area (Å²) in [4.78, 5) is 25.9. The van der Waals surface area contributed by atoms with Crippen molar-refractivity contribution in [1.82, 2.24) is 14.9 Å². The van der Waals surface area contributed by atoms with Crippen molar-refractivity contribution < 1.29 is 9.59 Å². The van der Waals surface area contributed by atoms with Gasteiger partial charge in [0.05, 0.1) is 6.04 Å². The minimum atomic E-state index is -0.515. The lowest BCUT2D eigenvalue weighted by Gasteiger charge is -2.12. The minimum Gasteiger partial charge on any atom is -0.320 e. The van der Waals surface area contributed by atoms with Gasteiger partial charge in [0.2, 0.25) is 11.9 Å². The molecule has 2 N–H and O–H groups in total. The van der Waals surface area contributed by atoms with Crippen molar-refractivity contribution in [3.05, 3.63) is 12.4 Å². The molecular weight excluding hydrogens is 196 g/mol. The molecule has 0 aliphatic heterocycles. The van der Waals surface area contributed by atoms with Gasteiger partial charge >= 0.3 is 0 Å².